The molecule has 0 spiro atoms. The first-order chi connectivity index (χ1) is 34.6. The van der Waals surface area contributed by atoms with Crippen LogP contribution >= 0.6 is 46.4 Å². The lowest BCUT2D eigenvalue weighted by atomic mass is 10.0. The van der Waals surface area contributed by atoms with Gasteiger partial charge in [-0.15, -0.1) is 0 Å². The first-order valence-corrected chi connectivity index (χ1v) is 25.2. The molecule has 0 bridgehead atoms. The van der Waals surface area contributed by atoms with Crippen LogP contribution in [-0.4, -0.2) is 70.3 Å². The van der Waals surface area contributed by atoms with Crippen molar-refractivity contribution in [1.29, 1.82) is 0 Å². The van der Waals surface area contributed by atoms with Crippen molar-refractivity contribution in [2.24, 2.45) is 0 Å². The number of carbonyl (C=O) groups is 3. The second-order valence-electron chi connectivity index (χ2n) is 18.5. The van der Waals surface area contributed by atoms with Gasteiger partial charge in [-0.2, -0.15) is 0 Å². The molecule has 9 aromatic rings. The van der Waals surface area contributed by atoms with Crippen LogP contribution in [0.15, 0.2) is 109 Å². The van der Waals surface area contributed by atoms with Gasteiger partial charge in [0.1, 0.15) is 17.1 Å². The van der Waals surface area contributed by atoms with Gasteiger partial charge in [-0.05, 0) is 120 Å². The summed E-state index contributed by atoms with van der Waals surface area (Å²) in [6.45, 7) is 10.1. The fourth-order valence-corrected chi connectivity index (χ4v) is 11.4. The van der Waals surface area contributed by atoms with Crippen molar-refractivity contribution in [3.8, 4) is 33.4 Å². The van der Waals surface area contributed by atoms with Gasteiger partial charge in [0.15, 0.2) is 0 Å². The number of hydrogen-bond donors (Lipinski definition) is 4. The number of anilines is 1. The molecule has 6 aromatic carbocycles. The van der Waals surface area contributed by atoms with Gasteiger partial charge in [0.25, 0.3) is 17.7 Å². The predicted molar refractivity (Wildman–Crippen MR) is 294 cm³/mol. The summed E-state index contributed by atoms with van der Waals surface area (Å²) in [5.41, 5.74) is 16.5. The Kier molecular flexibility index (Phi) is 13.4. The first kappa shape index (κ1) is 48.9. The number of nitrogens with one attached hydrogen (secondary N) is 3. The molecule has 6 heterocycles. The third-order valence-electron chi connectivity index (χ3n) is 13.9. The zero-order chi connectivity index (χ0) is 50.7. The van der Waals surface area contributed by atoms with Gasteiger partial charge in [0, 0.05) is 112 Å². The van der Waals surface area contributed by atoms with Crippen molar-refractivity contribution >= 4 is 103 Å². The maximum Gasteiger partial charge on any atom is 0.268 e. The summed E-state index contributed by atoms with van der Waals surface area (Å²) >= 11 is 25.3. The molecule has 0 saturated heterocycles. The van der Waals surface area contributed by atoms with E-state index in [0.29, 0.717) is 45.4 Å². The van der Waals surface area contributed by atoms with Gasteiger partial charge in [-0.1, -0.05) is 94.9 Å². The van der Waals surface area contributed by atoms with E-state index in [1.54, 1.807) is 0 Å². The van der Waals surface area contributed by atoms with Crippen LogP contribution in [0.1, 0.15) is 53.7 Å². The Morgan fingerprint density at radius 3 is 1.22 bits per heavy atom. The third kappa shape index (κ3) is 8.77. The number of carbonyl (C=O) groups excluding carboxylic acids is 3. The van der Waals surface area contributed by atoms with Crippen LogP contribution in [0.4, 0.5) is 5.69 Å². The van der Waals surface area contributed by atoms with E-state index in [2.05, 4.69) is 58.8 Å². The Labute approximate surface area is 436 Å². The smallest absolute Gasteiger partial charge is 0.268 e. The van der Waals surface area contributed by atoms with Crippen LogP contribution in [-0.2, 0) is 26.2 Å². The van der Waals surface area contributed by atoms with Gasteiger partial charge >= 0.3 is 0 Å². The lowest BCUT2D eigenvalue weighted by molar-refractivity contribution is 0.0920. The Morgan fingerprint density at radius 2 is 0.861 bits per heavy atom. The molecule has 72 heavy (non-hydrogen) atoms. The van der Waals surface area contributed by atoms with E-state index < -0.39 is 0 Å². The number of hydrogen-bond acceptors (Lipinski definition) is 5. The van der Waals surface area contributed by atoms with Gasteiger partial charge in [0.05, 0.1) is 23.2 Å². The highest BCUT2D eigenvalue weighted by molar-refractivity contribution is 6.33. The van der Waals surface area contributed by atoms with E-state index >= 15 is 0 Å². The number of aliphatic hydroxyl groups is 1. The number of rotatable bonds is 5. The normalized spacial score (nSPS) is 13.8. The summed E-state index contributed by atoms with van der Waals surface area (Å²) in [5, 5.41) is 23.7. The van der Waals surface area contributed by atoms with Crippen molar-refractivity contribution in [2.45, 2.75) is 47.0 Å². The Balaban J connectivity index is 0.000000124. The molecule has 11 nitrogen and oxygen atoms in total. The number of nitrogens with zero attached hydrogens (tertiary/aromatic N) is 4. The minimum atomic E-state index is -0.0346. The van der Waals surface area contributed by atoms with Gasteiger partial charge in [-0.3, -0.25) is 14.4 Å². The maximum atomic E-state index is 12.4. The van der Waals surface area contributed by atoms with Crippen LogP contribution in [0.3, 0.4) is 0 Å². The number of fused-ring (bicyclic) bond motifs is 9. The summed E-state index contributed by atoms with van der Waals surface area (Å²) in [7, 11) is 4.05. The zero-order valence-corrected chi connectivity index (χ0v) is 43.3. The Hall–Kier alpha value is -6.73. The number of amides is 3. The number of halogens is 4. The van der Waals surface area contributed by atoms with Crippen LogP contribution in [0, 0.1) is 20.8 Å². The van der Waals surface area contributed by atoms with Crippen LogP contribution in [0.5, 0.6) is 0 Å². The van der Waals surface area contributed by atoms with Crippen LogP contribution < -0.4 is 20.9 Å². The van der Waals surface area contributed by atoms with Crippen molar-refractivity contribution in [2.75, 3.05) is 38.6 Å². The molecule has 0 aliphatic carbocycles. The Bertz CT molecular complexity index is 3670. The quantitative estimate of drug-likeness (QED) is 0.137. The largest absolute Gasteiger partial charge is 0.392 e. The van der Waals surface area contributed by atoms with Gasteiger partial charge in [-0.25, -0.2) is 0 Å². The molecule has 0 fully saturated rings. The molecule has 4 N–H and O–H groups in total. The second-order valence-corrected chi connectivity index (χ2v) is 20.2. The molecule has 0 atom stereocenters. The Morgan fingerprint density at radius 1 is 0.486 bits per heavy atom. The van der Waals surface area contributed by atoms with Crippen LogP contribution in [0.2, 0.25) is 20.1 Å². The summed E-state index contributed by atoms with van der Waals surface area (Å²) in [6, 6.07) is 35.6. The maximum absolute atomic E-state index is 12.4. The monoisotopic (exact) mass is 1040 g/mol. The van der Waals surface area contributed by atoms with Crippen molar-refractivity contribution in [3.05, 3.63) is 169 Å². The molecule has 0 saturated carbocycles. The van der Waals surface area contributed by atoms with E-state index in [-0.39, 0.29) is 24.3 Å². The molecule has 3 amide bonds. The molecule has 3 aliphatic heterocycles. The van der Waals surface area contributed by atoms with E-state index in [0.717, 1.165) is 125 Å². The first-order valence-electron chi connectivity index (χ1n) is 23.7. The summed E-state index contributed by atoms with van der Waals surface area (Å²) in [5.74, 6) is -0.0734. The highest BCUT2D eigenvalue weighted by atomic mass is 35.5. The zero-order valence-electron chi connectivity index (χ0n) is 40.3. The average molecular weight is 1040 g/mol. The highest BCUT2D eigenvalue weighted by Crippen LogP contribution is 2.41. The third-order valence-corrected chi connectivity index (χ3v) is 14.8. The van der Waals surface area contributed by atoms with E-state index in [9.17, 15) is 19.5 Å². The number of aliphatic hydroxyl groups excluding tert-OH is 1. The molecule has 15 heteroatoms. The van der Waals surface area contributed by atoms with E-state index in [1.807, 2.05) is 120 Å². The highest BCUT2D eigenvalue weighted by Gasteiger charge is 2.29. The topological polar surface area (TPSA) is 126 Å². The number of aryl methyl sites for hydroxylation is 3. The predicted octanol–water partition coefficient (Wildman–Crippen LogP) is 12.3. The van der Waals surface area contributed by atoms with E-state index in [4.69, 9.17) is 46.4 Å². The molecular formula is C57H51Cl4N7O4. The molecule has 366 valence electrons. The van der Waals surface area contributed by atoms with Gasteiger partial charge < -0.3 is 39.7 Å². The fourth-order valence-electron chi connectivity index (χ4n) is 10.5. The fraction of sp³-hybridized carbons (Fsp3) is 0.211. The molecule has 0 radical (unpaired) electrons. The molecule has 0 unspecified atom stereocenters. The lowest BCUT2D eigenvalue weighted by Gasteiger charge is -2.19. The molecule has 3 aromatic heterocycles. The minimum absolute atomic E-state index is 0.00928. The average Bonchev–Trinajstić information content (AvgIpc) is 3.95. The molecule has 12 rings (SSSR count). The van der Waals surface area contributed by atoms with Gasteiger partial charge in [0.2, 0.25) is 0 Å². The minimum Gasteiger partial charge on any atom is -0.392 e. The number of benzene rings is 6. The van der Waals surface area contributed by atoms with E-state index in [1.165, 1.54) is 0 Å². The van der Waals surface area contributed by atoms with Crippen molar-refractivity contribution in [3.63, 3.8) is 0 Å². The summed E-state index contributed by atoms with van der Waals surface area (Å²) in [4.78, 5) is 39.0. The van der Waals surface area contributed by atoms with Crippen molar-refractivity contribution in [1.82, 2.24) is 29.7 Å². The van der Waals surface area contributed by atoms with Crippen molar-refractivity contribution < 1.29 is 19.5 Å². The SMILES string of the molecule is Cc1c2n(c3c(-c4ccc(CO)cc4)cc(Cl)cc13)CCNC2=O.Cc1c2n(c3c(-c4ccc(N(C)C)cc4)cc(Cl)cc13)CCNC2=O.Cc1c2n(c3c(-c4cccc(Cl)c4)cc(Cl)cc13)CCNC2=O. The lowest BCUT2D eigenvalue weighted by Crippen LogP contribution is -2.35. The molecule has 3 aliphatic rings. The van der Waals surface area contributed by atoms with Crippen LogP contribution in [0.25, 0.3) is 66.1 Å². The second kappa shape index (κ2) is 19.7. The molecular weight excluding hydrogens is 988 g/mol. The standard InChI is InChI=1S/C20H20ClN3O.C19H17ClN2O2.C18H14Cl2N2O/c1-12-16-10-14(21)11-17(13-4-6-15(7-5-13)23(2)3)19(16)24-9-8-22-20(25)18(12)24;1-11-15-8-14(20)9-16(13-4-2-12(10-23)3-5-13)18(15)22-7-6-21-19(24)17(11)22;1-10-14-8-13(20)9-15(11-3-2-4-12(19)7-11)17(14)22-6-5-21-18(23)16(10)22/h4-7,10-11H,8-9H2,1-3H3,(H,22,25);2-5,8-9,23H,6-7,10H2,1H3,(H,21,24);2-4,7-9H,5-6H2,1H3,(H,21,23). The summed E-state index contributed by atoms with van der Waals surface area (Å²) < 4.78 is 6.32. The summed E-state index contributed by atoms with van der Waals surface area (Å²) in [6.07, 6.45) is 0. The number of aromatic nitrogens is 3.